The van der Waals surface area contributed by atoms with Crippen molar-refractivity contribution in [3.05, 3.63) is 69.7 Å². The fourth-order valence-electron chi connectivity index (χ4n) is 3.71. The number of likely N-dealkylation sites (tertiary alicyclic amines) is 1. The van der Waals surface area contributed by atoms with Gasteiger partial charge in [-0.1, -0.05) is 59.6 Å². The molecule has 1 fully saturated rings. The van der Waals surface area contributed by atoms with Crippen LogP contribution in [0.25, 0.3) is 0 Å². The van der Waals surface area contributed by atoms with Gasteiger partial charge in [0.1, 0.15) is 0 Å². The Balaban J connectivity index is 1.87. The van der Waals surface area contributed by atoms with Crippen molar-refractivity contribution in [1.82, 2.24) is 9.80 Å². The molecule has 27 heavy (non-hydrogen) atoms. The molecular weight excluding hydrogens is 379 g/mol. The zero-order valence-corrected chi connectivity index (χ0v) is 17.4. The summed E-state index contributed by atoms with van der Waals surface area (Å²) in [4.78, 5) is 17.9. The standard InChI is InChI=1S/C22H26Cl2N2O/c1-16(2)25-13-11-18(12-14-25)26(15-17-7-4-3-5-8-17)22(27)21-19(23)9-6-10-20(21)24/h3-10,16,18H,11-15H2,1-2H3. The molecule has 3 nitrogen and oxygen atoms in total. The molecule has 1 heterocycles. The van der Waals surface area contributed by atoms with Crippen molar-refractivity contribution in [1.29, 1.82) is 0 Å². The summed E-state index contributed by atoms with van der Waals surface area (Å²) in [5.41, 5.74) is 1.52. The molecule has 1 amide bonds. The van der Waals surface area contributed by atoms with E-state index in [1.165, 1.54) is 0 Å². The van der Waals surface area contributed by atoms with E-state index >= 15 is 0 Å². The summed E-state index contributed by atoms with van der Waals surface area (Å²) >= 11 is 12.7. The van der Waals surface area contributed by atoms with E-state index in [-0.39, 0.29) is 11.9 Å². The molecule has 0 aromatic heterocycles. The van der Waals surface area contributed by atoms with E-state index in [9.17, 15) is 4.79 Å². The minimum atomic E-state index is -0.0857. The minimum Gasteiger partial charge on any atom is -0.331 e. The molecule has 1 saturated heterocycles. The van der Waals surface area contributed by atoms with Crippen molar-refractivity contribution in [3.8, 4) is 0 Å². The summed E-state index contributed by atoms with van der Waals surface area (Å²) in [5, 5.41) is 0.815. The summed E-state index contributed by atoms with van der Waals surface area (Å²) in [5.74, 6) is -0.0857. The smallest absolute Gasteiger partial charge is 0.257 e. The highest BCUT2D eigenvalue weighted by atomic mass is 35.5. The van der Waals surface area contributed by atoms with Crippen LogP contribution in [0.15, 0.2) is 48.5 Å². The van der Waals surface area contributed by atoms with Crippen LogP contribution in [-0.2, 0) is 6.54 Å². The number of hydrogen-bond acceptors (Lipinski definition) is 2. The van der Waals surface area contributed by atoms with Gasteiger partial charge in [-0.25, -0.2) is 0 Å². The molecule has 0 atom stereocenters. The number of benzene rings is 2. The van der Waals surface area contributed by atoms with E-state index < -0.39 is 0 Å². The summed E-state index contributed by atoms with van der Waals surface area (Å²) in [6.07, 6.45) is 1.91. The predicted molar refractivity (Wildman–Crippen MR) is 113 cm³/mol. The van der Waals surface area contributed by atoms with Crippen molar-refractivity contribution >= 4 is 29.1 Å². The maximum Gasteiger partial charge on any atom is 0.257 e. The number of rotatable bonds is 5. The Bertz CT molecular complexity index is 751. The monoisotopic (exact) mass is 404 g/mol. The highest BCUT2D eigenvalue weighted by Crippen LogP contribution is 2.29. The van der Waals surface area contributed by atoms with Crippen LogP contribution >= 0.6 is 23.2 Å². The van der Waals surface area contributed by atoms with Gasteiger partial charge in [-0.2, -0.15) is 0 Å². The Morgan fingerprint density at radius 3 is 2.19 bits per heavy atom. The van der Waals surface area contributed by atoms with Gasteiger partial charge in [0.15, 0.2) is 0 Å². The molecule has 0 saturated carbocycles. The van der Waals surface area contributed by atoms with E-state index in [0.717, 1.165) is 31.5 Å². The van der Waals surface area contributed by atoms with E-state index in [0.29, 0.717) is 28.2 Å². The van der Waals surface area contributed by atoms with Crippen LogP contribution in [0.5, 0.6) is 0 Å². The lowest BCUT2D eigenvalue weighted by Gasteiger charge is -2.40. The molecule has 2 aromatic carbocycles. The zero-order chi connectivity index (χ0) is 19.4. The Morgan fingerprint density at radius 1 is 1.04 bits per heavy atom. The molecule has 144 valence electrons. The molecule has 5 heteroatoms. The zero-order valence-electron chi connectivity index (χ0n) is 15.9. The topological polar surface area (TPSA) is 23.6 Å². The first-order chi connectivity index (χ1) is 13.0. The molecule has 0 radical (unpaired) electrons. The third kappa shape index (κ3) is 4.84. The van der Waals surface area contributed by atoms with Crippen LogP contribution in [-0.4, -0.2) is 40.9 Å². The lowest BCUT2D eigenvalue weighted by molar-refractivity contribution is 0.0520. The molecule has 2 aromatic rings. The largest absolute Gasteiger partial charge is 0.331 e. The van der Waals surface area contributed by atoms with E-state index in [1.807, 2.05) is 23.1 Å². The second-order valence-corrected chi connectivity index (χ2v) is 8.19. The SMILES string of the molecule is CC(C)N1CCC(N(Cc2ccccc2)C(=O)c2c(Cl)cccc2Cl)CC1. The molecule has 1 aliphatic rings. The number of nitrogens with zero attached hydrogens (tertiary/aromatic N) is 2. The second kappa shape index (κ2) is 9.09. The highest BCUT2D eigenvalue weighted by molar-refractivity contribution is 6.39. The number of carbonyl (C=O) groups excluding carboxylic acids is 1. The summed E-state index contributed by atoms with van der Waals surface area (Å²) in [6.45, 7) is 7.00. The van der Waals surface area contributed by atoms with E-state index in [2.05, 4.69) is 30.9 Å². The van der Waals surface area contributed by atoms with Crippen molar-refractivity contribution in [2.45, 2.75) is 45.3 Å². The van der Waals surface area contributed by atoms with Crippen molar-refractivity contribution < 1.29 is 4.79 Å². The molecule has 1 aliphatic heterocycles. The van der Waals surface area contributed by atoms with Crippen LogP contribution < -0.4 is 0 Å². The molecule has 0 aliphatic carbocycles. The van der Waals surface area contributed by atoms with Gasteiger partial charge in [0.25, 0.3) is 5.91 Å². The maximum absolute atomic E-state index is 13.4. The molecule has 3 rings (SSSR count). The van der Waals surface area contributed by atoms with Crippen LogP contribution in [0.4, 0.5) is 0 Å². The Morgan fingerprint density at radius 2 is 1.63 bits per heavy atom. The maximum atomic E-state index is 13.4. The third-order valence-electron chi connectivity index (χ3n) is 5.30. The van der Waals surface area contributed by atoms with Crippen LogP contribution in [0.1, 0.15) is 42.6 Å². The minimum absolute atomic E-state index is 0.0857. The fourth-order valence-corrected chi connectivity index (χ4v) is 4.27. The highest BCUT2D eigenvalue weighted by Gasteiger charge is 2.31. The molecule has 0 spiro atoms. The lowest BCUT2D eigenvalue weighted by Crippen LogP contribution is -2.48. The van der Waals surface area contributed by atoms with E-state index in [1.54, 1.807) is 18.2 Å². The number of carbonyl (C=O) groups is 1. The van der Waals surface area contributed by atoms with Crippen LogP contribution in [0.3, 0.4) is 0 Å². The lowest BCUT2D eigenvalue weighted by atomic mass is 9.99. The van der Waals surface area contributed by atoms with Crippen molar-refractivity contribution in [2.75, 3.05) is 13.1 Å². The normalized spacial score (nSPS) is 15.9. The average Bonchev–Trinajstić information content (AvgIpc) is 2.67. The third-order valence-corrected chi connectivity index (χ3v) is 5.93. The Kier molecular flexibility index (Phi) is 6.80. The molecule has 0 bridgehead atoms. The Labute approximate surface area is 171 Å². The van der Waals surface area contributed by atoms with Gasteiger partial charge in [0.05, 0.1) is 15.6 Å². The molecule has 0 unspecified atom stereocenters. The van der Waals surface area contributed by atoms with Crippen LogP contribution in [0.2, 0.25) is 10.0 Å². The number of amides is 1. The number of halogens is 2. The second-order valence-electron chi connectivity index (χ2n) is 7.38. The Hall–Kier alpha value is -1.55. The van der Waals surface area contributed by atoms with Crippen LogP contribution in [0, 0.1) is 0 Å². The van der Waals surface area contributed by atoms with Gasteiger partial charge < -0.3 is 9.80 Å². The number of piperidine rings is 1. The first kappa shape index (κ1) is 20.2. The molecular formula is C22H26Cl2N2O. The molecule has 0 N–H and O–H groups in total. The summed E-state index contributed by atoms with van der Waals surface area (Å²) < 4.78 is 0. The summed E-state index contributed by atoms with van der Waals surface area (Å²) in [7, 11) is 0. The predicted octanol–water partition coefficient (Wildman–Crippen LogP) is 5.51. The quantitative estimate of drug-likeness (QED) is 0.655. The van der Waals surface area contributed by atoms with Gasteiger partial charge in [-0.3, -0.25) is 4.79 Å². The van der Waals surface area contributed by atoms with Crippen molar-refractivity contribution in [3.63, 3.8) is 0 Å². The van der Waals surface area contributed by atoms with E-state index in [4.69, 9.17) is 23.2 Å². The van der Waals surface area contributed by atoms with Gasteiger partial charge in [0, 0.05) is 31.7 Å². The number of hydrogen-bond donors (Lipinski definition) is 0. The van der Waals surface area contributed by atoms with Crippen molar-refractivity contribution in [2.24, 2.45) is 0 Å². The van der Waals surface area contributed by atoms with Gasteiger partial charge in [-0.15, -0.1) is 0 Å². The summed E-state index contributed by atoms with van der Waals surface area (Å²) in [6, 6.07) is 16.0. The fraction of sp³-hybridized carbons (Fsp3) is 0.409. The first-order valence-electron chi connectivity index (χ1n) is 9.50. The van der Waals surface area contributed by atoms with Gasteiger partial charge >= 0.3 is 0 Å². The first-order valence-corrected chi connectivity index (χ1v) is 10.3. The van der Waals surface area contributed by atoms with Gasteiger partial charge in [-0.05, 0) is 44.4 Å². The van der Waals surface area contributed by atoms with Gasteiger partial charge in [0.2, 0.25) is 0 Å². The average molecular weight is 405 g/mol.